The molecule has 22 heavy (non-hydrogen) atoms. The summed E-state index contributed by atoms with van der Waals surface area (Å²) in [6.07, 6.45) is 14.8. The molecule has 0 bridgehead atoms. The minimum absolute atomic E-state index is 0.237. The van der Waals surface area contributed by atoms with Gasteiger partial charge in [-0.25, -0.2) is 0 Å². The summed E-state index contributed by atoms with van der Waals surface area (Å²) in [5.74, 6) is 0. The second-order valence-electron chi connectivity index (χ2n) is 7.46. The van der Waals surface area contributed by atoms with Crippen LogP contribution >= 0.6 is 0 Å². The summed E-state index contributed by atoms with van der Waals surface area (Å²) < 4.78 is 11.6. The lowest BCUT2D eigenvalue weighted by Gasteiger charge is -2.17. The van der Waals surface area contributed by atoms with Crippen LogP contribution < -0.4 is 0 Å². The average Bonchev–Trinajstić information content (AvgIpc) is 2.45. The number of hydrogen-bond acceptors (Lipinski definition) is 2. The fourth-order valence-corrected chi connectivity index (χ4v) is 2.91. The molecule has 0 radical (unpaired) electrons. The van der Waals surface area contributed by atoms with E-state index in [4.69, 9.17) is 9.47 Å². The maximum Gasteiger partial charge on any atom is 0.147 e. The van der Waals surface area contributed by atoms with E-state index in [1.807, 2.05) is 0 Å². The van der Waals surface area contributed by atoms with Crippen molar-refractivity contribution in [2.24, 2.45) is 0 Å². The second-order valence-corrected chi connectivity index (χ2v) is 13.1. The molecule has 0 aliphatic carbocycles. The summed E-state index contributed by atoms with van der Waals surface area (Å²) in [7, 11) is -0.989. The Hall–Kier alpha value is -0.123. The third-order valence-electron chi connectivity index (χ3n) is 3.78. The highest BCUT2D eigenvalue weighted by Crippen LogP contribution is 2.12. The lowest BCUT2D eigenvalue weighted by Crippen LogP contribution is -2.22. The largest absolute Gasteiger partial charge is 0.356 e. The van der Waals surface area contributed by atoms with Crippen LogP contribution in [0.25, 0.3) is 0 Å². The Kier molecular flexibility index (Phi) is 14.4. The molecule has 0 heterocycles. The van der Waals surface area contributed by atoms with E-state index in [-0.39, 0.29) is 6.10 Å². The molecule has 0 aliphatic heterocycles. The van der Waals surface area contributed by atoms with Crippen molar-refractivity contribution >= 4 is 8.07 Å². The van der Waals surface area contributed by atoms with Gasteiger partial charge in [-0.2, -0.15) is 0 Å². The maximum atomic E-state index is 5.92. The van der Waals surface area contributed by atoms with Crippen molar-refractivity contribution in [2.45, 2.75) is 97.0 Å². The second kappa shape index (κ2) is 14.5. The molecule has 0 aromatic carbocycles. The number of ether oxygens (including phenoxy) is 2. The Bertz CT molecular complexity index is 259. The molecule has 0 unspecified atom stereocenters. The summed E-state index contributed by atoms with van der Waals surface area (Å²) in [6.45, 7) is 12.9. The lowest BCUT2D eigenvalue weighted by molar-refractivity contribution is -0.0740. The van der Waals surface area contributed by atoms with Gasteiger partial charge in [0, 0.05) is 14.7 Å². The first-order valence-electron chi connectivity index (χ1n) is 9.35. The van der Waals surface area contributed by atoms with Gasteiger partial charge in [0.05, 0.1) is 6.10 Å². The Balaban J connectivity index is 3.92. The molecule has 0 aromatic heterocycles. The van der Waals surface area contributed by atoms with Gasteiger partial charge in [0.15, 0.2) is 0 Å². The topological polar surface area (TPSA) is 18.5 Å². The first kappa shape index (κ1) is 21.9. The first-order chi connectivity index (χ1) is 10.5. The Labute approximate surface area is 140 Å². The highest BCUT2D eigenvalue weighted by atomic mass is 28.3. The zero-order chi connectivity index (χ0) is 16.7. The first-order valence-corrected chi connectivity index (χ1v) is 13.1. The van der Waals surface area contributed by atoms with Gasteiger partial charge in [0.25, 0.3) is 0 Å². The monoisotopic (exact) mass is 328 g/mol. The molecule has 0 N–H and O–H groups in total. The minimum atomic E-state index is -0.989. The molecule has 0 saturated carbocycles. The molecule has 0 fully saturated rings. The predicted molar refractivity (Wildman–Crippen MR) is 101 cm³/mol. The van der Waals surface area contributed by atoms with Crippen LogP contribution in [0.5, 0.6) is 0 Å². The van der Waals surface area contributed by atoms with Crippen LogP contribution in [0.4, 0.5) is 0 Å². The molecule has 0 amide bonds. The predicted octanol–water partition coefficient (Wildman–Crippen LogP) is 6.40. The highest BCUT2D eigenvalue weighted by molar-refractivity contribution is 6.76. The van der Waals surface area contributed by atoms with Gasteiger partial charge in [-0.05, 0) is 18.9 Å². The standard InChI is InChI=1S/C19H40O2Si/c1-6-8-10-12-14-19(15-13-11-9-7-2)21-18-20-16-17-22(3,4)5/h12,14,19H,6-11,13,15-18H2,1-5H3/b14-12+/t19-/m0/s1. The molecule has 0 spiro atoms. The van der Waals surface area contributed by atoms with Crippen LogP contribution in [0.2, 0.25) is 25.7 Å². The zero-order valence-corrected chi connectivity index (χ0v) is 16.8. The van der Waals surface area contributed by atoms with Crippen LogP contribution in [-0.4, -0.2) is 27.6 Å². The van der Waals surface area contributed by atoms with Gasteiger partial charge in [-0.1, -0.05) is 84.2 Å². The van der Waals surface area contributed by atoms with Crippen LogP contribution in [0.15, 0.2) is 12.2 Å². The minimum Gasteiger partial charge on any atom is -0.356 e. The van der Waals surface area contributed by atoms with Gasteiger partial charge in [0.2, 0.25) is 0 Å². The molecule has 0 aromatic rings. The molecule has 0 saturated heterocycles. The van der Waals surface area contributed by atoms with Crippen LogP contribution in [0, 0.1) is 0 Å². The van der Waals surface area contributed by atoms with Crippen molar-refractivity contribution in [3.63, 3.8) is 0 Å². The van der Waals surface area contributed by atoms with Crippen molar-refractivity contribution in [1.29, 1.82) is 0 Å². The Morgan fingerprint density at radius 2 is 1.68 bits per heavy atom. The fraction of sp³-hybridized carbons (Fsp3) is 0.895. The molecule has 132 valence electrons. The molecular weight excluding hydrogens is 288 g/mol. The number of hydrogen-bond donors (Lipinski definition) is 0. The normalized spacial score (nSPS) is 13.9. The summed E-state index contributed by atoms with van der Waals surface area (Å²) in [4.78, 5) is 0. The smallest absolute Gasteiger partial charge is 0.147 e. The van der Waals surface area contributed by atoms with E-state index in [9.17, 15) is 0 Å². The lowest BCUT2D eigenvalue weighted by atomic mass is 10.1. The van der Waals surface area contributed by atoms with Gasteiger partial charge in [-0.15, -0.1) is 0 Å². The van der Waals surface area contributed by atoms with Gasteiger partial charge in [-0.3, -0.25) is 0 Å². The van der Waals surface area contributed by atoms with E-state index < -0.39 is 8.07 Å². The number of unbranched alkanes of at least 4 members (excludes halogenated alkanes) is 5. The summed E-state index contributed by atoms with van der Waals surface area (Å²) in [6, 6.07) is 1.21. The average molecular weight is 329 g/mol. The van der Waals surface area contributed by atoms with E-state index in [0.29, 0.717) is 6.79 Å². The zero-order valence-electron chi connectivity index (χ0n) is 15.8. The summed E-state index contributed by atoms with van der Waals surface area (Å²) >= 11 is 0. The van der Waals surface area contributed by atoms with Gasteiger partial charge >= 0.3 is 0 Å². The van der Waals surface area contributed by atoms with Crippen molar-refractivity contribution in [2.75, 3.05) is 13.4 Å². The molecular formula is C19H40O2Si. The van der Waals surface area contributed by atoms with Crippen molar-refractivity contribution in [3.05, 3.63) is 12.2 Å². The van der Waals surface area contributed by atoms with Crippen molar-refractivity contribution < 1.29 is 9.47 Å². The molecule has 1 atom stereocenters. The van der Waals surface area contributed by atoms with E-state index in [2.05, 4.69) is 45.6 Å². The highest BCUT2D eigenvalue weighted by Gasteiger charge is 2.12. The van der Waals surface area contributed by atoms with E-state index in [1.165, 1.54) is 51.0 Å². The van der Waals surface area contributed by atoms with Crippen LogP contribution in [0.3, 0.4) is 0 Å². The third-order valence-corrected chi connectivity index (χ3v) is 5.48. The van der Waals surface area contributed by atoms with E-state index in [0.717, 1.165) is 13.0 Å². The number of allylic oxidation sites excluding steroid dienone is 1. The van der Waals surface area contributed by atoms with Crippen molar-refractivity contribution in [1.82, 2.24) is 0 Å². The Morgan fingerprint density at radius 1 is 0.955 bits per heavy atom. The summed E-state index contributed by atoms with van der Waals surface area (Å²) in [5.41, 5.74) is 0. The third kappa shape index (κ3) is 16.3. The molecule has 3 heteroatoms. The maximum absolute atomic E-state index is 5.92. The van der Waals surface area contributed by atoms with E-state index >= 15 is 0 Å². The molecule has 2 nitrogen and oxygen atoms in total. The van der Waals surface area contributed by atoms with Crippen LogP contribution in [-0.2, 0) is 9.47 Å². The molecule has 0 aliphatic rings. The van der Waals surface area contributed by atoms with Gasteiger partial charge in [0.1, 0.15) is 6.79 Å². The number of rotatable bonds is 15. The Morgan fingerprint density at radius 3 is 2.32 bits per heavy atom. The summed E-state index contributed by atoms with van der Waals surface area (Å²) in [5, 5.41) is 0. The van der Waals surface area contributed by atoms with Crippen molar-refractivity contribution in [3.8, 4) is 0 Å². The quantitative estimate of drug-likeness (QED) is 0.150. The van der Waals surface area contributed by atoms with Crippen LogP contribution in [0.1, 0.15) is 65.2 Å². The molecule has 0 rings (SSSR count). The van der Waals surface area contributed by atoms with E-state index in [1.54, 1.807) is 0 Å². The fourth-order valence-electron chi connectivity index (χ4n) is 2.15. The SMILES string of the molecule is CCCC/C=C/[C@@H](CCCCCC)OCOCC[Si](C)(C)C. The van der Waals surface area contributed by atoms with Gasteiger partial charge < -0.3 is 9.47 Å².